The van der Waals surface area contributed by atoms with Gasteiger partial charge in [-0.25, -0.2) is 9.28 Å². The highest BCUT2D eigenvalue weighted by molar-refractivity contribution is 6.13. The summed E-state index contributed by atoms with van der Waals surface area (Å²) in [7, 11) is 1.78. The van der Waals surface area contributed by atoms with Crippen LogP contribution in [0.4, 0.5) is 18.9 Å². The van der Waals surface area contributed by atoms with E-state index in [1.165, 1.54) is 12.1 Å². The predicted octanol–water partition coefficient (Wildman–Crippen LogP) is 8.48. The summed E-state index contributed by atoms with van der Waals surface area (Å²) in [4.78, 5) is 29.5. The number of alkyl halides is 3. The molecule has 47 heavy (non-hydrogen) atoms. The Morgan fingerprint density at radius 1 is 0.957 bits per heavy atom. The number of amides is 1. The summed E-state index contributed by atoms with van der Waals surface area (Å²) in [6, 6.07) is 18.8. The summed E-state index contributed by atoms with van der Waals surface area (Å²) >= 11 is 0. The van der Waals surface area contributed by atoms with Crippen molar-refractivity contribution < 1.29 is 27.9 Å². The van der Waals surface area contributed by atoms with Crippen molar-refractivity contribution in [2.24, 2.45) is 5.92 Å². The maximum absolute atomic E-state index is 14.1. The number of piperidine rings is 1. The van der Waals surface area contributed by atoms with E-state index in [1.54, 1.807) is 19.2 Å². The zero-order valence-electron chi connectivity index (χ0n) is 26.8. The number of unbranched alkanes of at least 4 members (excludes halogenated alkanes) is 1. The third-order valence-electron chi connectivity index (χ3n) is 11.2. The molecule has 1 fully saturated rings. The predicted molar refractivity (Wildman–Crippen MR) is 178 cm³/mol. The van der Waals surface area contributed by atoms with Gasteiger partial charge in [0.1, 0.15) is 17.1 Å². The molecule has 1 N–H and O–H groups in total. The number of fused-ring (bicyclic) bond motifs is 6. The normalized spacial score (nSPS) is 25.7. The number of aliphatic carboxylic acids is 1. The summed E-state index contributed by atoms with van der Waals surface area (Å²) in [5.74, 6) is -0.593. The molecule has 2 aliphatic heterocycles. The van der Waals surface area contributed by atoms with Crippen molar-refractivity contribution in [1.82, 2.24) is 9.38 Å². The van der Waals surface area contributed by atoms with E-state index in [9.17, 15) is 27.9 Å². The number of carboxylic acid groups (broad SMARTS) is 1. The molecule has 0 radical (unpaired) electrons. The van der Waals surface area contributed by atoms with Crippen LogP contribution in [-0.4, -0.2) is 54.6 Å². The second-order valence-corrected chi connectivity index (χ2v) is 13.9. The van der Waals surface area contributed by atoms with Crippen molar-refractivity contribution in [3.8, 4) is 11.1 Å². The van der Waals surface area contributed by atoms with Crippen molar-refractivity contribution in [2.75, 3.05) is 26.7 Å². The average Bonchev–Trinajstić information content (AvgIpc) is 3.35. The molecule has 4 aliphatic rings. The molecule has 3 unspecified atom stereocenters. The molecule has 0 bridgehead atoms. The monoisotopic (exact) mass is 641 g/mol. The maximum Gasteiger partial charge on any atom is 0.416 e. The van der Waals surface area contributed by atoms with Gasteiger partial charge in [0.2, 0.25) is 0 Å². The average molecular weight is 642 g/mol. The fourth-order valence-electron chi connectivity index (χ4n) is 8.67. The number of carbonyl (C=O) groups excluding carboxylic acids is 1. The Morgan fingerprint density at radius 2 is 1.64 bits per heavy atom. The number of rotatable bonds is 7. The van der Waals surface area contributed by atoms with Crippen LogP contribution in [0, 0.1) is 5.92 Å². The van der Waals surface area contributed by atoms with E-state index in [0.29, 0.717) is 47.6 Å². The molecular weight excluding hydrogens is 601 g/mol. The van der Waals surface area contributed by atoms with Crippen LogP contribution in [0.2, 0.25) is 0 Å². The van der Waals surface area contributed by atoms with Crippen LogP contribution < -0.4 is 4.48 Å². The second kappa shape index (κ2) is 11.6. The summed E-state index contributed by atoms with van der Waals surface area (Å²) in [5.41, 5.74) is 4.46. The topological polar surface area (TPSA) is 57.6 Å². The number of nitrogens with zero attached hydrogens (tertiary/aromatic N) is 2. The first kappa shape index (κ1) is 31.6. The molecule has 7 rings (SSSR count). The number of allylic oxidation sites excluding steroid dienone is 3. The van der Waals surface area contributed by atoms with Crippen molar-refractivity contribution in [3.05, 3.63) is 107 Å². The van der Waals surface area contributed by atoms with Gasteiger partial charge in [-0.1, -0.05) is 68.0 Å². The van der Waals surface area contributed by atoms with E-state index in [0.717, 1.165) is 67.2 Å². The van der Waals surface area contributed by atoms with Crippen LogP contribution in [0.3, 0.4) is 0 Å². The van der Waals surface area contributed by atoms with Crippen molar-refractivity contribution in [2.45, 2.75) is 63.1 Å². The van der Waals surface area contributed by atoms with Gasteiger partial charge in [0.15, 0.2) is 0 Å². The van der Waals surface area contributed by atoms with Crippen molar-refractivity contribution in [1.29, 1.82) is 0 Å². The molecule has 244 valence electrons. The van der Waals surface area contributed by atoms with Gasteiger partial charge in [0.05, 0.1) is 18.2 Å². The lowest BCUT2D eigenvalue weighted by Gasteiger charge is -2.45. The highest BCUT2D eigenvalue weighted by Crippen LogP contribution is 2.55. The summed E-state index contributed by atoms with van der Waals surface area (Å²) in [5, 5.41) is 10.7. The molecule has 0 aromatic heterocycles. The largest absolute Gasteiger partial charge is 0.480 e. The lowest BCUT2D eigenvalue weighted by Crippen LogP contribution is -2.62. The van der Waals surface area contributed by atoms with Gasteiger partial charge in [-0.3, -0.25) is 4.79 Å². The number of carboxylic acids is 1. The van der Waals surface area contributed by atoms with Gasteiger partial charge in [-0.05, 0) is 72.2 Å². The minimum absolute atomic E-state index is 0.162. The fraction of sp³-hybridized carbons (Fsp3) is 0.385. The first-order valence-corrected chi connectivity index (χ1v) is 16.7. The SMILES string of the molecule is CC1C=C2C(=CC1)C(CCCCN1CCC([N+]3(C)C(=O)c4ccccc4-c4ccc(C(F)(F)F)cc43)CC1)(C(=O)O)c1ccccc12. The minimum Gasteiger partial charge on any atom is -0.480 e. The highest BCUT2D eigenvalue weighted by Gasteiger charge is 2.52. The molecule has 5 nitrogen and oxygen atoms in total. The van der Waals surface area contributed by atoms with E-state index in [-0.39, 0.29) is 16.4 Å². The van der Waals surface area contributed by atoms with Crippen molar-refractivity contribution in [3.63, 3.8) is 0 Å². The minimum atomic E-state index is -4.51. The molecule has 2 heterocycles. The third-order valence-corrected chi connectivity index (χ3v) is 11.2. The molecule has 3 aromatic rings. The molecule has 3 atom stereocenters. The van der Waals surface area contributed by atoms with E-state index in [4.69, 9.17) is 0 Å². The maximum atomic E-state index is 14.1. The van der Waals surface area contributed by atoms with Crippen LogP contribution in [0.5, 0.6) is 0 Å². The molecule has 1 amide bonds. The lowest BCUT2D eigenvalue weighted by molar-refractivity contribution is -0.142. The number of halogens is 3. The Balaban J connectivity index is 1.05. The van der Waals surface area contributed by atoms with Crippen molar-refractivity contribution >= 4 is 23.1 Å². The standard InChI is InChI=1S/C39H39F3N2O3/c1-25-13-16-34-32(23-25)29-10-5-6-12-33(29)38(34,37(46)47)19-7-8-20-43-21-17-27(18-22-43)44(2)35-24-26(39(40,41)42)14-15-30(35)28-9-3-4-11-31(28)36(44)45/h3-6,9-12,14-16,23-25,27H,7-8,13,17-22H2,1-2H3/p+1. The molecule has 2 aliphatic carbocycles. The third kappa shape index (κ3) is 4.99. The number of carbonyl (C=O) groups is 2. The fourth-order valence-corrected chi connectivity index (χ4v) is 8.67. The van der Waals surface area contributed by atoms with Gasteiger partial charge in [-0.2, -0.15) is 13.2 Å². The number of quaternary nitrogens is 1. The van der Waals surface area contributed by atoms with Gasteiger partial charge in [0, 0.05) is 43.1 Å². The summed E-state index contributed by atoms with van der Waals surface area (Å²) in [6.45, 7) is 4.42. The lowest BCUT2D eigenvalue weighted by atomic mass is 9.72. The number of hydrogen-bond acceptors (Lipinski definition) is 3. The Morgan fingerprint density at radius 3 is 2.34 bits per heavy atom. The molecule has 0 spiro atoms. The number of likely N-dealkylation sites (tertiary alicyclic amines) is 1. The van der Waals surface area contributed by atoms with E-state index in [1.807, 2.05) is 36.4 Å². The van der Waals surface area contributed by atoms with Crippen LogP contribution in [-0.2, 0) is 16.4 Å². The van der Waals surface area contributed by atoms with Gasteiger partial charge < -0.3 is 10.0 Å². The molecular formula is C39H40F3N2O3+. The molecule has 8 heteroatoms. The smallest absolute Gasteiger partial charge is 0.416 e. The quantitative estimate of drug-likeness (QED) is 0.208. The van der Waals surface area contributed by atoms with Crippen LogP contribution >= 0.6 is 0 Å². The number of benzene rings is 3. The Labute approximate surface area is 273 Å². The Bertz CT molecular complexity index is 1820. The Kier molecular flexibility index (Phi) is 7.79. The van der Waals surface area contributed by atoms with Gasteiger partial charge in [-0.15, -0.1) is 0 Å². The van der Waals surface area contributed by atoms with E-state index in [2.05, 4.69) is 24.0 Å². The first-order chi connectivity index (χ1) is 22.5. The van der Waals surface area contributed by atoms with Gasteiger partial charge >= 0.3 is 18.1 Å². The summed E-state index contributed by atoms with van der Waals surface area (Å²) < 4.78 is 41.4. The molecule has 3 aromatic carbocycles. The second-order valence-electron chi connectivity index (χ2n) is 13.9. The van der Waals surface area contributed by atoms with E-state index >= 15 is 0 Å². The molecule has 0 saturated carbocycles. The Hall–Kier alpha value is -4.01. The van der Waals surface area contributed by atoms with Crippen LogP contribution in [0.25, 0.3) is 16.7 Å². The zero-order valence-corrected chi connectivity index (χ0v) is 26.8. The number of hydrogen-bond donors (Lipinski definition) is 1. The van der Waals surface area contributed by atoms with Gasteiger partial charge in [0.25, 0.3) is 0 Å². The zero-order chi connectivity index (χ0) is 33.1. The summed E-state index contributed by atoms with van der Waals surface area (Å²) in [6.07, 6.45) is 4.14. The molecule has 1 saturated heterocycles. The highest BCUT2D eigenvalue weighted by atomic mass is 19.4. The van der Waals surface area contributed by atoms with Crippen LogP contribution in [0.15, 0.2) is 84.5 Å². The van der Waals surface area contributed by atoms with Crippen LogP contribution in [0.1, 0.15) is 72.5 Å². The van der Waals surface area contributed by atoms with E-state index < -0.39 is 23.1 Å². The first-order valence-electron chi connectivity index (χ1n) is 16.7.